The van der Waals surface area contributed by atoms with Crippen LogP contribution in [0.25, 0.3) is 0 Å². The molecule has 2 aromatic rings. The number of carbonyl (C=O) groups excluding carboxylic acids is 2. The molecule has 0 saturated heterocycles. The number of amides is 1. The summed E-state index contributed by atoms with van der Waals surface area (Å²) in [4.78, 5) is 26.1. The fourth-order valence-corrected chi connectivity index (χ4v) is 4.79. The molecule has 26 heavy (non-hydrogen) atoms. The van der Waals surface area contributed by atoms with E-state index in [4.69, 9.17) is 9.26 Å². The van der Waals surface area contributed by atoms with Crippen molar-refractivity contribution in [2.24, 2.45) is 0 Å². The molecule has 0 aliphatic carbocycles. The summed E-state index contributed by atoms with van der Waals surface area (Å²) in [6, 6.07) is 1.47. The van der Waals surface area contributed by atoms with Crippen molar-refractivity contribution in [2.45, 2.75) is 52.1 Å². The summed E-state index contributed by atoms with van der Waals surface area (Å²) in [5, 5.41) is 10.4. The summed E-state index contributed by atoms with van der Waals surface area (Å²) in [6.07, 6.45) is 2.06. The third-order valence-corrected chi connectivity index (χ3v) is 5.68. The lowest BCUT2D eigenvalue weighted by Gasteiger charge is -2.42. The van der Waals surface area contributed by atoms with E-state index in [0.717, 1.165) is 10.4 Å². The second-order valence-electron chi connectivity index (χ2n) is 7.48. The minimum Gasteiger partial charge on any atom is -0.462 e. The molecule has 3 rings (SSSR count). The summed E-state index contributed by atoms with van der Waals surface area (Å²) in [7, 11) is 0. The molecule has 0 atom stereocenters. The summed E-state index contributed by atoms with van der Waals surface area (Å²) in [5.41, 5.74) is 0.834. The van der Waals surface area contributed by atoms with Crippen molar-refractivity contribution in [1.29, 1.82) is 0 Å². The molecule has 0 spiro atoms. The van der Waals surface area contributed by atoms with Crippen LogP contribution in [0.15, 0.2) is 16.8 Å². The SMILES string of the molecule is CCOC(=O)c1c(NC(=O)c2ccno2)sc2c1CC(C)(C)NC2(C)C. The van der Waals surface area contributed by atoms with Gasteiger partial charge in [-0.2, -0.15) is 0 Å². The van der Waals surface area contributed by atoms with Gasteiger partial charge in [0, 0.05) is 22.0 Å². The fourth-order valence-electron chi connectivity index (χ4n) is 3.53. The molecule has 7 nitrogen and oxygen atoms in total. The van der Waals surface area contributed by atoms with Crippen molar-refractivity contribution in [3.05, 3.63) is 34.0 Å². The van der Waals surface area contributed by atoms with Crippen molar-refractivity contribution in [2.75, 3.05) is 11.9 Å². The van der Waals surface area contributed by atoms with E-state index in [1.165, 1.54) is 23.6 Å². The van der Waals surface area contributed by atoms with Crippen molar-refractivity contribution in [3.63, 3.8) is 0 Å². The van der Waals surface area contributed by atoms with Gasteiger partial charge in [0.1, 0.15) is 5.00 Å². The molecule has 0 aromatic carbocycles. The maximum absolute atomic E-state index is 12.7. The molecule has 0 saturated carbocycles. The van der Waals surface area contributed by atoms with Crippen LogP contribution in [0, 0.1) is 0 Å². The van der Waals surface area contributed by atoms with E-state index < -0.39 is 11.9 Å². The van der Waals surface area contributed by atoms with Crippen LogP contribution in [0.1, 0.15) is 66.0 Å². The molecule has 1 amide bonds. The molecular formula is C18H23N3O4S. The van der Waals surface area contributed by atoms with Gasteiger partial charge in [0.2, 0.25) is 5.76 Å². The second-order valence-corrected chi connectivity index (χ2v) is 8.50. The molecule has 3 heterocycles. The average molecular weight is 377 g/mol. The Morgan fingerprint density at radius 2 is 2.12 bits per heavy atom. The Hall–Kier alpha value is -2.19. The first-order chi connectivity index (χ1) is 12.1. The molecule has 140 valence electrons. The number of fused-ring (bicyclic) bond motifs is 1. The van der Waals surface area contributed by atoms with E-state index in [9.17, 15) is 9.59 Å². The predicted octanol–water partition coefficient (Wildman–Crippen LogP) is 3.32. The molecule has 2 aromatic heterocycles. The van der Waals surface area contributed by atoms with Gasteiger partial charge in [-0.05, 0) is 46.6 Å². The molecule has 0 fully saturated rings. The highest BCUT2D eigenvalue weighted by atomic mass is 32.1. The number of hydrogen-bond acceptors (Lipinski definition) is 7. The Morgan fingerprint density at radius 1 is 1.38 bits per heavy atom. The van der Waals surface area contributed by atoms with Crippen LogP contribution in [-0.2, 0) is 16.7 Å². The van der Waals surface area contributed by atoms with Crippen LogP contribution < -0.4 is 10.6 Å². The number of carbonyl (C=O) groups is 2. The number of aromatic nitrogens is 1. The van der Waals surface area contributed by atoms with Gasteiger partial charge in [-0.1, -0.05) is 5.16 Å². The smallest absolute Gasteiger partial charge is 0.341 e. The fraction of sp³-hybridized carbons (Fsp3) is 0.500. The lowest BCUT2D eigenvalue weighted by Crippen LogP contribution is -2.55. The number of nitrogens with zero attached hydrogens (tertiary/aromatic N) is 1. The average Bonchev–Trinajstić information content (AvgIpc) is 3.13. The van der Waals surface area contributed by atoms with Gasteiger partial charge in [-0.15, -0.1) is 11.3 Å². The lowest BCUT2D eigenvalue weighted by molar-refractivity contribution is 0.0526. The summed E-state index contributed by atoms with van der Waals surface area (Å²) >= 11 is 1.39. The molecule has 0 radical (unpaired) electrons. The Labute approximate surface area is 156 Å². The van der Waals surface area contributed by atoms with Gasteiger partial charge >= 0.3 is 5.97 Å². The number of thiophene rings is 1. The van der Waals surface area contributed by atoms with Crippen LogP contribution in [-0.4, -0.2) is 29.2 Å². The zero-order valence-electron chi connectivity index (χ0n) is 15.6. The number of anilines is 1. The van der Waals surface area contributed by atoms with E-state index in [-0.39, 0.29) is 23.4 Å². The third-order valence-electron chi connectivity index (χ3n) is 4.21. The summed E-state index contributed by atoms with van der Waals surface area (Å²) in [5.74, 6) is -0.785. The van der Waals surface area contributed by atoms with E-state index in [0.29, 0.717) is 17.0 Å². The molecule has 1 aliphatic heterocycles. The molecule has 0 bridgehead atoms. The first-order valence-electron chi connectivity index (χ1n) is 8.49. The standard InChI is InChI=1S/C18H23N3O4S/c1-6-24-16(23)12-10-9-17(2,3)21-18(4,5)13(10)26-15(12)20-14(22)11-7-8-19-25-11/h7-8,21H,6,9H2,1-5H3,(H,20,22). The van der Waals surface area contributed by atoms with Crippen LogP contribution in [0.3, 0.4) is 0 Å². The first kappa shape index (κ1) is 18.6. The van der Waals surface area contributed by atoms with E-state index in [1.807, 2.05) is 0 Å². The zero-order chi connectivity index (χ0) is 19.1. The van der Waals surface area contributed by atoms with Crippen LogP contribution in [0.2, 0.25) is 0 Å². The topological polar surface area (TPSA) is 93.5 Å². The monoisotopic (exact) mass is 377 g/mol. The van der Waals surface area contributed by atoms with Crippen LogP contribution >= 0.6 is 11.3 Å². The minimum atomic E-state index is -0.448. The molecular weight excluding hydrogens is 354 g/mol. The molecule has 1 aliphatic rings. The Morgan fingerprint density at radius 3 is 2.73 bits per heavy atom. The quantitative estimate of drug-likeness (QED) is 0.794. The van der Waals surface area contributed by atoms with Gasteiger partial charge in [0.05, 0.1) is 18.4 Å². The molecule has 0 unspecified atom stereocenters. The van der Waals surface area contributed by atoms with Gasteiger partial charge < -0.3 is 19.9 Å². The Kier molecular flexibility index (Phi) is 4.66. The van der Waals surface area contributed by atoms with Crippen LogP contribution in [0.4, 0.5) is 5.00 Å². The first-order valence-corrected chi connectivity index (χ1v) is 9.31. The number of hydrogen-bond donors (Lipinski definition) is 2. The van der Waals surface area contributed by atoms with Crippen LogP contribution in [0.5, 0.6) is 0 Å². The largest absolute Gasteiger partial charge is 0.462 e. The van der Waals surface area contributed by atoms with Gasteiger partial charge in [0.15, 0.2) is 0 Å². The lowest BCUT2D eigenvalue weighted by atomic mass is 9.81. The number of ether oxygens (including phenoxy) is 1. The summed E-state index contributed by atoms with van der Waals surface area (Å²) < 4.78 is 10.2. The third kappa shape index (κ3) is 3.39. The number of nitrogens with one attached hydrogen (secondary N) is 2. The van der Waals surface area contributed by atoms with Crippen molar-refractivity contribution < 1.29 is 18.8 Å². The number of esters is 1. The normalized spacial score (nSPS) is 17.4. The maximum Gasteiger partial charge on any atom is 0.341 e. The van der Waals surface area contributed by atoms with Gasteiger partial charge in [-0.25, -0.2) is 4.79 Å². The van der Waals surface area contributed by atoms with Gasteiger partial charge in [-0.3, -0.25) is 4.79 Å². The molecule has 8 heteroatoms. The van der Waals surface area contributed by atoms with E-state index in [2.05, 4.69) is 43.5 Å². The highest BCUT2D eigenvalue weighted by molar-refractivity contribution is 7.17. The van der Waals surface area contributed by atoms with Crippen molar-refractivity contribution in [3.8, 4) is 0 Å². The minimum absolute atomic E-state index is 0.0869. The predicted molar refractivity (Wildman–Crippen MR) is 98.7 cm³/mol. The summed E-state index contributed by atoms with van der Waals surface area (Å²) in [6.45, 7) is 10.4. The maximum atomic E-state index is 12.7. The van der Waals surface area contributed by atoms with E-state index in [1.54, 1.807) is 6.92 Å². The zero-order valence-corrected chi connectivity index (χ0v) is 16.4. The van der Waals surface area contributed by atoms with Crippen molar-refractivity contribution >= 4 is 28.2 Å². The van der Waals surface area contributed by atoms with Crippen molar-refractivity contribution in [1.82, 2.24) is 10.5 Å². The Balaban J connectivity index is 2.08. The van der Waals surface area contributed by atoms with E-state index >= 15 is 0 Å². The highest BCUT2D eigenvalue weighted by Crippen LogP contribution is 2.45. The second kappa shape index (κ2) is 6.51. The van der Waals surface area contributed by atoms with Gasteiger partial charge in [0.25, 0.3) is 5.91 Å². The number of rotatable bonds is 4. The molecule has 2 N–H and O–H groups in total. The highest BCUT2D eigenvalue weighted by Gasteiger charge is 2.42. The Bertz CT molecular complexity index is 837.